The second-order valence-electron chi connectivity index (χ2n) is 2.75. The van der Waals surface area contributed by atoms with Crippen molar-refractivity contribution in [3.05, 3.63) is 5.73 Å². The number of rotatable bonds is 1. The van der Waals surface area contributed by atoms with Crippen LogP contribution in [0.5, 0.6) is 0 Å². The summed E-state index contributed by atoms with van der Waals surface area (Å²) < 4.78 is 4.95. The fourth-order valence-electron chi connectivity index (χ4n) is 1.10. The molecule has 0 bridgehead atoms. The Bertz CT molecular complexity index is 167. The average molecular weight is 1100 g/mol. The number of aliphatic hydroxyl groups excluding tert-OH is 3. The molecule has 1 aliphatic rings. The first-order valence-corrected chi connectivity index (χ1v) is 4.11. The number of nitrogens with one attached hydrogen (secondary N) is 1. The fraction of sp³-hybridized carbons (Fsp3) is 1.00. The van der Waals surface area contributed by atoms with E-state index in [9.17, 15) is 10.2 Å². The van der Waals surface area contributed by atoms with Crippen molar-refractivity contribution in [3.63, 3.8) is 0 Å². The molecule has 4 radical (unpaired) electrons. The molecular weight excluding hydrogens is 1090 g/mol. The second kappa shape index (κ2) is 15.8. The van der Waals surface area contributed by atoms with Crippen LogP contribution in [0.4, 0.5) is 0 Å². The molecule has 0 amide bonds. The third-order valence-electron chi connectivity index (χ3n) is 1.90. The van der Waals surface area contributed by atoms with Crippen LogP contribution < -0.4 is 0 Å². The van der Waals surface area contributed by atoms with Crippen LogP contribution >= 0.6 is 12.6 Å². The van der Waals surface area contributed by atoms with Crippen molar-refractivity contribution in [3.8, 4) is 0 Å². The molecule has 0 aromatic heterocycles. The van der Waals surface area contributed by atoms with Crippen molar-refractivity contribution in [1.82, 2.24) is 0 Å². The average Bonchev–Trinajstić information content (AvgIpc) is 2.08. The maximum atomic E-state index is 9.24. The SMILES string of the molecule is [Ac].[Ac].[Ac].[Ac].[NH-]C1[C@H](S)OC(CO)[C@H](O)[C@@H]1O. The van der Waals surface area contributed by atoms with Crippen LogP contribution in [-0.2, 0) is 4.74 Å². The quantitative estimate of drug-likeness (QED) is 0.248. The maximum Gasteiger partial charge on any atom is 0.110 e. The third-order valence-corrected chi connectivity index (χ3v) is 2.34. The molecule has 1 fully saturated rings. The Morgan fingerprint density at radius 3 is 1.88 bits per heavy atom. The summed E-state index contributed by atoms with van der Waals surface area (Å²) in [5.41, 5.74) is 6.52. The van der Waals surface area contributed by atoms with E-state index in [1.165, 1.54) is 0 Å². The number of hydrogen-bond donors (Lipinski definition) is 4. The van der Waals surface area contributed by atoms with Gasteiger partial charge in [-0.25, -0.2) is 0 Å². The number of ether oxygens (including phenoxy) is 1. The van der Waals surface area contributed by atoms with Crippen LogP contribution in [-0.4, -0.2) is 51.7 Å². The van der Waals surface area contributed by atoms with Gasteiger partial charge in [-0.15, -0.1) is 12.6 Å². The van der Waals surface area contributed by atoms with E-state index < -0.39 is 29.8 Å². The van der Waals surface area contributed by atoms with Gasteiger partial charge in [0.05, 0.1) is 18.1 Å². The smallest absolute Gasteiger partial charge is 0.110 e. The monoisotopic (exact) mass is 1100 g/mol. The molecule has 0 spiro atoms. The summed E-state index contributed by atoms with van der Waals surface area (Å²) in [6, 6.07) is -0.980. The van der Waals surface area contributed by atoms with E-state index in [2.05, 4.69) is 12.6 Å². The maximum absolute atomic E-state index is 9.24. The van der Waals surface area contributed by atoms with Gasteiger partial charge in [-0.3, -0.25) is 0 Å². The predicted octanol–water partition coefficient (Wildman–Crippen LogP) is -1.22. The van der Waals surface area contributed by atoms with Gasteiger partial charge in [0, 0.05) is 176 Å². The third kappa shape index (κ3) is 9.14. The van der Waals surface area contributed by atoms with E-state index in [4.69, 9.17) is 15.6 Å². The Labute approximate surface area is 244 Å². The molecule has 16 heavy (non-hydrogen) atoms. The van der Waals surface area contributed by atoms with Crippen LogP contribution in [0.3, 0.4) is 0 Å². The molecule has 2 unspecified atom stereocenters. The molecule has 1 saturated heterocycles. The van der Waals surface area contributed by atoms with E-state index in [-0.39, 0.29) is 183 Å². The van der Waals surface area contributed by atoms with Gasteiger partial charge in [0.25, 0.3) is 0 Å². The minimum atomic E-state index is -1.21. The second-order valence-corrected chi connectivity index (χ2v) is 3.26. The van der Waals surface area contributed by atoms with Crippen molar-refractivity contribution in [1.29, 1.82) is 0 Å². The van der Waals surface area contributed by atoms with Crippen molar-refractivity contribution < 1.29 is 196 Å². The summed E-state index contributed by atoms with van der Waals surface area (Å²) >= 11 is 3.88. The number of hydrogen-bond acceptors (Lipinski definition) is 5. The topological polar surface area (TPSA) is 93.7 Å². The van der Waals surface area contributed by atoms with Crippen molar-refractivity contribution in [2.75, 3.05) is 6.61 Å². The van der Waals surface area contributed by atoms with Gasteiger partial charge in [-0.1, -0.05) is 6.04 Å². The largest absolute Gasteiger partial charge is 0.670 e. The van der Waals surface area contributed by atoms with Crippen molar-refractivity contribution in [2.24, 2.45) is 0 Å². The predicted molar refractivity (Wildman–Crippen MR) is 44.9 cm³/mol. The van der Waals surface area contributed by atoms with Gasteiger partial charge < -0.3 is 25.8 Å². The Kier molecular flexibility index (Phi) is 29.5. The summed E-state index contributed by atoms with van der Waals surface area (Å²) in [5, 5.41) is 27.2. The Morgan fingerprint density at radius 2 is 1.50 bits per heavy atom. The summed E-state index contributed by atoms with van der Waals surface area (Å²) in [6.07, 6.45) is -3.26. The summed E-state index contributed by atoms with van der Waals surface area (Å²) in [7, 11) is 0. The molecule has 0 aromatic rings. The summed E-state index contributed by atoms with van der Waals surface area (Å²) in [6.45, 7) is -0.387. The molecular formula is C6H12Ac4NO4S-. The van der Waals surface area contributed by atoms with Gasteiger partial charge >= 0.3 is 0 Å². The minimum Gasteiger partial charge on any atom is -0.670 e. The van der Waals surface area contributed by atoms with Gasteiger partial charge in [0.2, 0.25) is 0 Å². The standard InChI is InChI=1S/C6H12NO4S.4Ac/c7-3-5(10)4(9)2(1-8)11-6(3)12;;;;/h2-10,12H,1H2;;;;/q-1;;;;/t2?,3?,4-,5+,6-;;;;/m0..../s1. The van der Waals surface area contributed by atoms with Crippen LogP contribution in [0.1, 0.15) is 0 Å². The van der Waals surface area contributed by atoms with Crippen molar-refractivity contribution >= 4 is 12.6 Å². The van der Waals surface area contributed by atoms with E-state index >= 15 is 0 Å². The van der Waals surface area contributed by atoms with Gasteiger partial charge in [-0.05, 0) is 0 Å². The van der Waals surface area contributed by atoms with Gasteiger partial charge in [-0.2, -0.15) is 0 Å². The molecule has 4 N–H and O–H groups in total. The molecule has 5 nitrogen and oxygen atoms in total. The van der Waals surface area contributed by atoms with Crippen molar-refractivity contribution in [2.45, 2.75) is 29.8 Å². The minimum absolute atomic E-state index is 0. The molecule has 1 aliphatic heterocycles. The zero-order valence-corrected chi connectivity index (χ0v) is 28.5. The number of thiol groups is 1. The molecule has 0 saturated carbocycles. The molecule has 10 heteroatoms. The fourth-order valence-corrected chi connectivity index (χ4v) is 1.43. The summed E-state index contributed by atoms with van der Waals surface area (Å²) in [5.74, 6) is 0. The Balaban J connectivity index is -0.000000180. The molecule has 5 atom stereocenters. The Hall–Kier alpha value is 5.92. The summed E-state index contributed by atoms with van der Waals surface area (Å²) in [4.78, 5) is 0. The van der Waals surface area contributed by atoms with Crippen LogP contribution in [0.2, 0.25) is 0 Å². The van der Waals surface area contributed by atoms with Crippen LogP contribution in [0.15, 0.2) is 0 Å². The van der Waals surface area contributed by atoms with Crippen LogP contribution in [0, 0.1) is 176 Å². The van der Waals surface area contributed by atoms with E-state index in [1.54, 1.807) is 0 Å². The van der Waals surface area contributed by atoms with E-state index in [0.717, 1.165) is 0 Å². The van der Waals surface area contributed by atoms with Gasteiger partial charge in [0.15, 0.2) is 0 Å². The first-order valence-electron chi connectivity index (χ1n) is 3.59. The number of aliphatic hydroxyl groups is 3. The first-order chi connectivity index (χ1) is 5.57. The normalized spacial score (nSPS) is 36.9. The van der Waals surface area contributed by atoms with E-state index in [0.29, 0.717) is 0 Å². The van der Waals surface area contributed by atoms with Gasteiger partial charge in [0.1, 0.15) is 12.2 Å². The van der Waals surface area contributed by atoms with Crippen LogP contribution in [0.25, 0.3) is 5.73 Å². The molecule has 1 heterocycles. The zero-order chi connectivity index (χ0) is 9.30. The zero-order valence-electron chi connectivity index (χ0n) is 8.60. The molecule has 1 rings (SSSR count). The van der Waals surface area contributed by atoms with E-state index in [1.807, 2.05) is 0 Å². The molecule has 0 aliphatic carbocycles. The molecule has 0 aromatic carbocycles. The first kappa shape index (κ1) is 29.9. The Morgan fingerprint density at radius 1 is 1.06 bits per heavy atom. The molecule has 84 valence electrons.